The fraction of sp³-hybridized carbons (Fsp3) is 0.286. The number of hydrogen-bond donors (Lipinski definition) is 1. The van der Waals surface area contributed by atoms with Gasteiger partial charge >= 0.3 is 0 Å². The van der Waals surface area contributed by atoms with Crippen LogP contribution in [-0.2, 0) is 4.79 Å². The van der Waals surface area contributed by atoms with Crippen LogP contribution < -0.4 is 5.32 Å². The molecule has 1 aliphatic heterocycles. The summed E-state index contributed by atoms with van der Waals surface area (Å²) in [6.45, 7) is 5.44. The van der Waals surface area contributed by atoms with E-state index >= 15 is 0 Å². The molecular weight excluding hydrogens is 347 g/mol. The first-order valence-corrected chi connectivity index (χ1v) is 8.83. The lowest BCUT2D eigenvalue weighted by atomic mass is 10.0. The lowest BCUT2D eigenvalue weighted by Gasteiger charge is -2.26. The Hall–Kier alpha value is -3.02. The number of aryl methyl sites for hydroxylation is 1. The van der Waals surface area contributed by atoms with Gasteiger partial charge in [0, 0.05) is 5.69 Å². The topological polar surface area (TPSA) is 66.5 Å². The van der Waals surface area contributed by atoms with Crippen molar-refractivity contribution in [2.24, 2.45) is 5.92 Å². The van der Waals surface area contributed by atoms with Gasteiger partial charge in [-0.15, -0.1) is 0 Å². The highest BCUT2D eigenvalue weighted by Crippen LogP contribution is 2.27. The monoisotopic (exact) mass is 368 g/mol. The van der Waals surface area contributed by atoms with E-state index in [4.69, 9.17) is 0 Å². The van der Waals surface area contributed by atoms with E-state index in [2.05, 4.69) is 5.32 Å². The molecule has 0 saturated carbocycles. The minimum absolute atomic E-state index is 0.0693. The zero-order valence-electron chi connectivity index (χ0n) is 15.5. The van der Waals surface area contributed by atoms with E-state index in [0.717, 1.165) is 4.90 Å². The first kappa shape index (κ1) is 18.8. The van der Waals surface area contributed by atoms with Gasteiger partial charge in [0.2, 0.25) is 5.91 Å². The van der Waals surface area contributed by atoms with E-state index in [1.165, 1.54) is 6.07 Å². The highest BCUT2D eigenvalue weighted by atomic mass is 19.1. The molecule has 1 N–H and O–H groups in total. The van der Waals surface area contributed by atoms with Gasteiger partial charge in [-0.05, 0) is 49.1 Å². The number of amides is 3. The Morgan fingerprint density at radius 3 is 2.19 bits per heavy atom. The van der Waals surface area contributed by atoms with Gasteiger partial charge in [-0.1, -0.05) is 32.0 Å². The third kappa shape index (κ3) is 3.60. The van der Waals surface area contributed by atoms with Crippen LogP contribution in [-0.4, -0.2) is 28.7 Å². The van der Waals surface area contributed by atoms with Crippen LogP contribution in [0.2, 0.25) is 0 Å². The molecule has 2 aromatic rings. The number of fused-ring (bicyclic) bond motifs is 1. The smallest absolute Gasteiger partial charge is 0.262 e. The number of imide groups is 1. The van der Waals surface area contributed by atoms with Crippen molar-refractivity contribution in [1.29, 1.82) is 0 Å². The molecule has 0 spiro atoms. The average Bonchev–Trinajstić information content (AvgIpc) is 2.87. The molecule has 0 fully saturated rings. The number of nitrogens with one attached hydrogen (secondary N) is 1. The molecule has 0 aliphatic carbocycles. The third-order valence-corrected chi connectivity index (χ3v) is 4.57. The van der Waals surface area contributed by atoms with Crippen molar-refractivity contribution in [2.75, 3.05) is 5.32 Å². The second-order valence-electron chi connectivity index (χ2n) is 7.12. The van der Waals surface area contributed by atoms with Crippen LogP contribution in [0.15, 0.2) is 42.5 Å². The second kappa shape index (κ2) is 7.31. The number of carbonyl (C=O) groups excluding carboxylic acids is 3. The fourth-order valence-electron chi connectivity index (χ4n) is 3.16. The van der Waals surface area contributed by atoms with Crippen LogP contribution in [0.3, 0.4) is 0 Å². The predicted molar refractivity (Wildman–Crippen MR) is 100.0 cm³/mol. The van der Waals surface area contributed by atoms with E-state index in [1.54, 1.807) is 43.3 Å². The van der Waals surface area contributed by atoms with E-state index < -0.39 is 29.6 Å². The number of benzene rings is 2. The molecule has 5 nitrogen and oxygen atoms in total. The molecule has 3 amide bonds. The van der Waals surface area contributed by atoms with Gasteiger partial charge in [0.25, 0.3) is 11.8 Å². The summed E-state index contributed by atoms with van der Waals surface area (Å²) in [6, 6.07) is 9.92. The summed E-state index contributed by atoms with van der Waals surface area (Å²) in [5.74, 6) is -1.84. The molecule has 6 heteroatoms. The zero-order valence-corrected chi connectivity index (χ0v) is 15.5. The maximum atomic E-state index is 13.8. The summed E-state index contributed by atoms with van der Waals surface area (Å²) in [5, 5.41) is 2.64. The molecule has 3 rings (SSSR count). The third-order valence-electron chi connectivity index (χ3n) is 4.57. The van der Waals surface area contributed by atoms with Gasteiger partial charge in [-0.3, -0.25) is 19.3 Å². The maximum Gasteiger partial charge on any atom is 0.262 e. The quantitative estimate of drug-likeness (QED) is 0.817. The van der Waals surface area contributed by atoms with Gasteiger partial charge in [-0.2, -0.15) is 0 Å². The highest BCUT2D eigenvalue weighted by Gasteiger charge is 2.42. The highest BCUT2D eigenvalue weighted by molar-refractivity contribution is 6.23. The first-order chi connectivity index (χ1) is 12.8. The Bertz CT molecular complexity index is 888. The minimum Gasteiger partial charge on any atom is -0.324 e. The molecule has 0 bridgehead atoms. The van der Waals surface area contributed by atoms with Crippen LogP contribution in [0.25, 0.3) is 0 Å². The SMILES string of the molecule is Cc1ccc(NC(=O)C(CC(C)C)N2C(=O)c3ccccc3C2=O)cc1F. The predicted octanol–water partition coefficient (Wildman–Crippen LogP) is 3.78. The number of hydrogen-bond acceptors (Lipinski definition) is 3. The van der Waals surface area contributed by atoms with Gasteiger partial charge in [0.1, 0.15) is 11.9 Å². The number of nitrogens with zero attached hydrogens (tertiary/aromatic N) is 1. The summed E-state index contributed by atoms with van der Waals surface area (Å²) in [7, 11) is 0. The lowest BCUT2D eigenvalue weighted by molar-refractivity contribution is -0.120. The number of carbonyl (C=O) groups is 3. The normalized spacial score (nSPS) is 14.5. The lowest BCUT2D eigenvalue weighted by Crippen LogP contribution is -2.47. The van der Waals surface area contributed by atoms with Crippen molar-refractivity contribution in [3.05, 3.63) is 65.0 Å². The molecule has 2 aromatic carbocycles. The Balaban J connectivity index is 1.90. The second-order valence-corrected chi connectivity index (χ2v) is 7.12. The fourth-order valence-corrected chi connectivity index (χ4v) is 3.16. The van der Waals surface area contributed by atoms with Crippen LogP contribution >= 0.6 is 0 Å². The van der Waals surface area contributed by atoms with E-state index in [9.17, 15) is 18.8 Å². The molecule has 0 saturated heterocycles. The summed E-state index contributed by atoms with van der Waals surface area (Å²) >= 11 is 0. The van der Waals surface area contributed by atoms with Crippen LogP contribution in [0.4, 0.5) is 10.1 Å². The zero-order chi connectivity index (χ0) is 19.7. The molecule has 1 atom stereocenters. The molecule has 0 radical (unpaired) electrons. The average molecular weight is 368 g/mol. The van der Waals surface area contributed by atoms with Crippen molar-refractivity contribution in [2.45, 2.75) is 33.2 Å². The van der Waals surface area contributed by atoms with E-state index in [-0.39, 0.29) is 11.6 Å². The van der Waals surface area contributed by atoms with Gasteiger partial charge in [-0.25, -0.2) is 4.39 Å². The first-order valence-electron chi connectivity index (χ1n) is 8.83. The van der Waals surface area contributed by atoms with Crippen molar-refractivity contribution < 1.29 is 18.8 Å². The van der Waals surface area contributed by atoms with Gasteiger partial charge < -0.3 is 5.32 Å². The molecule has 140 valence electrons. The number of halogens is 1. The Morgan fingerprint density at radius 1 is 1.07 bits per heavy atom. The van der Waals surface area contributed by atoms with Crippen molar-refractivity contribution in [3.63, 3.8) is 0 Å². The Labute approximate surface area is 157 Å². The largest absolute Gasteiger partial charge is 0.324 e. The van der Waals surface area contributed by atoms with Crippen molar-refractivity contribution in [3.8, 4) is 0 Å². The van der Waals surface area contributed by atoms with Gasteiger partial charge in [0.05, 0.1) is 11.1 Å². The minimum atomic E-state index is -0.971. The molecule has 27 heavy (non-hydrogen) atoms. The summed E-state index contributed by atoms with van der Waals surface area (Å²) in [5.41, 5.74) is 1.34. The Morgan fingerprint density at radius 2 is 1.67 bits per heavy atom. The van der Waals surface area contributed by atoms with E-state index in [1.807, 2.05) is 13.8 Å². The summed E-state index contributed by atoms with van der Waals surface area (Å²) in [4.78, 5) is 39.4. The standard InChI is InChI=1S/C21H21FN2O3/c1-12(2)10-18(19(25)23-14-9-8-13(3)17(22)11-14)24-20(26)15-6-4-5-7-16(15)21(24)27/h4-9,11-12,18H,10H2,1-3H3,(H,23,25). The van der Waals surface area contributed by atoms with Crippen LogP contribution in [0, 0.1) is 18.7 Å². The van der Waals surface area contributed by atoms with Crippen molar-refractivity contribution >= 4 is 23.4 Å². The molecule has 0 aromatic heterocycles. The summed E-state index contributed by atoms with van der Waals surface area (Å²) in [6.07, 6.45) is 0.311. The Kier molecular flexibility index (Phi) is 5.08. The van der Waals surface area contributed by atoms with E-state index in [0.29, 0.717) is 23.1 Å². The van der Waals surface area contributed by atoms with Crippen LogP contribution in [0.1, 0.15) is 46.5 Å². The molecule has 1 aliphatic rings. The molecular formula is C21H21FN2O3. The molecule has 1 heterocycles. The number of rotatable bonds is 5. The maximum absolute atomic E-state index is 13.8. The number of anilines is 1. The van der Waals surface area contributed by atoms with Gasteiger partial charge in [0.15, 0.2) is 0 Å². The van der Waals surface area contributed by atoms with Crippen molar-refractivity contribution in [1.82, 2.24) is 4.90 Å². The van der Waals surface area contributed by atoms with Crippen LogP contribution in [0.5, 0.6) is 0 Å². The summed E-state index contributed by atoms with van der Waals surface area (Å²) < 4.78 is 13.8. The molecule has 1 unspecified atom stereocenters.